The number of aromatic nitrogens is 2. The number of rotatable bonds is 7. The zero-order valence-electron chi connectivity index (χ0n) is 17.7. The van der Waals surface area contributed by atoms with Crippen LogP contribution in [0.1, 0.15) is 36.4 Å². The van der Waals surface area contributed by atoms with Crippen LogP contribution in [0.5, 0.6) is 0 Å². The second kappa shape index (κ2) is 9.27. The Morgan fingerprint density at radius 2 is 1.23 bits per heavy atom. The number of hydrogen-bond acceptors (Lipinski definition) is 1. The zero-order valence-corrected chi connectivity index (χ0v) is 18.5. The van der Waals surface area contributed by atoms with Crippen LogP contribution in [0.3, 0.4) is 0 Å². The lowest BCUT2D eigenvalue weighted by atomic mass is 10.0. The standard InChI is InChI=1S/C27H28N2S/c1-21(2)18-25-26(19-22-12-6-3-7-13-22)29(24-16-10-5-11-17-24)27(30)28(25)20-23-14-8-4-9-15-23/h3-17,21H,18-20H2,1-2H3. The third-order valence-electron chi connectivity index (χ3n) is 5.36. The highest BCUT2D eigenvalue weighted by atomic mass is 32.1. The molecule has 0 saturated heterocycles. The first-order valence-corrected chi connectivity index (χ1v) is 11.0. The largest absolute Gasteiger partial charge is 0.316 e. The van der Waals surface area contributed by atoms with Crippen LogP contribution >= 0.6 is 12.2 Å². The highest BCUT2D eigenvalue weighted by Crippen LogP contribution is 2.26. The lowest BCUT2D eigenvalue weighted by Crippen LogP contribution is -2.09. The Labute approximate surface area is 184 Å². The van der Waals surface area contributed by atoms with Gasteiger partial charge in [0.1, 0.15) is 0 Å². The van der Waals surface area contributed by atoms with Gasteiger partial charge in [-0.25, -0.2) is 0 Å². The normalized spacial score (nSPS) is 11.2. The second-order valence-electron chi connectivity index (χ2n) is 8.18. The van der Waals surface area contributed by atoms with Gasteiger partial charge in [-0.2, -0.15) is 0 Å². The fourth-order valence-electron chi connectivity index (χ4n) is 3.99. The number of imidazole rings is 1. The van der Waals surface area contributed by atoms with E-state index in [4.69, 9.17) is 12.2 Å². The van der Waals surface area contributed by atoms with Gasteiger partial charge in [0.15, 0.2) is 4.77 Å². The molecule has 0 unspecified atom stereocenters. The van der Waals surface area contributed by atoms with E-state index in [0.29, 0.717) is 5.92 Å². The Hall–Kier alpha value is -2.91. The minimum Gasteiger partial charge on any atom is -0.316 e. The monoisotopic (exact) mass is 412 g/mol. The summed E-state index contributed by atoms with van der Waals surface area (Å²) in [4.78, 5) is 0. The van der Waals surface area contributed by atoms with Crippen molar-refractivity contribution in [1.82, 2.24) is 9.13 Å². The van der Waals surface area contributed by atoms with E-state index in [9.17, 15) is 0 Å². The Morgan fingerprint density at radius 1 is 0.700 bits per heavy atom. The van der Waals surface area contributed by atoms with E-state index in [2.05, 4.69) is 114 Å². The van der Waals surface area contributed by atoms with Gasteiger partial charge in [-0.15, -0.1) is 0 Å². The number of nitrogens with zero attached hydrogens (tertiary/aromatic N) is 2. The maximum Gasteiger partial charge on any atom is 0.185 e. The summed E-state index contributed by atoms with van der Waals surface area (Å²) in [6.45, 7) is 5.35. The summed E-state index contributed by atoms with van der Waals surface area (Å²) in [5.74, 6) is 0.544. The van der Waals surface area contributed by atoms with E-state index < -0.39 is 0 Å². The number of para-hydroxylation sites is 1. The van der Waals surface area contributed by atoms with Crippen LogP contribution in [0.2, 0.25) is 0 Å². The van der Waals surface area contributed by atoms with Gasteiger partial charge in [-0.3, -0.25) is 4.57 Å². The first-order valence-electron chi connectivity index (χ1n) is 10.6. The summed E-state index contributed by atoms with van der Waals surface area (Å²) in [7, 11) is 0. The van der Waals surface area contributed by atoms with Crippen LogP contribution in [0.25, 0.3) is 5.69 Å². The van der Waals surface area contributed by atoms with Gasteiger partial charge in [0, 0.05) is 23.5 Å². The van der Waals surface area contributed by atoms with Crippen molar-refractivity contribution in [3.8, 4) is 5.69 Å². The highest BCUT2D eigenvalue weighted by molar-refractivity contribution is 7.71. The molecule has 2 nitrogen and oxygen atoms in total. The van der Waals surface area contributed by atoms with E-state index in [1.165, 1.54) is 22.5 Å². The maximum atomic E-state index is 6.08. The average Bonchev–Trinajstić information content (AvgIpc) is 3.00. The van der Waals surface area contributed by atoms with Crippen molar-refractivity contribution in [1.29, 1.82) is 0 Å². The molecule has 3 heteroatoms. The van der Waals surface area contributed by atoms with Crippen molar-refractivity contribution < 1.29 is 0 Å². The SMILES string of the molecule is CC(C)Cc1c(Cc2ccccc2)n(-c2ccccc2)c(=S)n1Cc1ccccc1. The summed E-state index contributed by atoms with van der Waals surface area (Å²) < 4.78 is 5.49. The lowest BCUT2D eigenvalue weighted by Gasteiger charge is -2.14. The van der Waals surface area contributed by atoms with Gasteiger partial charge in [0.25, 0.3) is 0 Å². The van der Waals surface area contributed by atoms with Crippen molar-refractivity contribution in [3.63, 3.8) is 0 Å². The van der Waals surface area contributed by atoms with Crippen molar-refractivity contribution in [2.24, 2.45) is 5.92 Å². The Balaban J connectivity index is 1.92. The summed E-state index contributed by atoms with van der Waals surface area (Å²) in [6, 6.07) is 31.8. The predicted molar refractivity (Wildman–Crippen MR) is 128 cm³/mol. The quantitative estimate of drug-likeness (QED) is 0.302. The van der Waals surface area contributed by atoms with E-state index in [1.807, 2.05) is 0 Å². The van der Waals surface area contributed by atoms with Crippen LogP contribution in [-0.2, 0) is 19.4 Å². The van der Waals surface area contributed by atoms with Crippen molar-refractivity contribution in [2.75, 3.05) is 0 Å². The van der Waals surface area contributed by atoms with Crippen LogP contribution < -0.4 is 0 Å². The molecule has 0 fully saturated rings. The minimum absolute atomic E-state index is 0.544. The molecule has 1 aromatic heterocycles. The molecule has 0 N–H and O–H groups in total. The lowest BCUT2D eigenvalue weighted by molar-refractivity contribution is 0.598. The topological polar surface area (TPSA) is 9.86 Å². The minimum atomic E-state index is 0.544. The molecule has 152 valence electrons. The molecule has 0 saturated carbocycles. The van der Waals surface area contributed by atoms with Gasteiger partial charge in [-0.1, -0.05) is 92.7 Å². The van der Waals surface area contributed by atoms with E-state index in [-0.39, 0.29) is 0 Å². The van der Waals surface area contributed by atoms with Gasteiger partial charge < -0.3 is 4.57 Å². The van der Waals surface area contributed by atoms with Crippen LogP contribution in [0, 0.1) is 10.7 Å². The predicted octanol–water partition coefficient (Wildman–Crippen LogP) is 6.85. The Kier molecular flexibility index (Phi) is 6.29. The van der Waals surface area contributed by atoms with Gasteiger partial charge in [0.2, 0.25) is 0 Å². The second-order valence-corrected chi connectivity index (χ2v) is 8.54. The summed E-state index contributed by atoms with van der Waals surface area (Å²) in [5.41, 5.74) is 6.34. The van der Waals surface area contributed by atoms with E-state index >= 15 is 0 Å². The highest BCUT2D eigenvalue weighted by Gasteiger charge is 2.20. The molecule has 0 aliphatic heterocycles. The molecule has 0 bridgehead atoms. The summed E-state index contributed by atoms with van der Waals surface area (Å²) in [6.07, 6.45) is 1.86. The maximum absolute atomic E-state index is 6.08. The van der Waals surface area contributed by atoms with Gasteiger partial charge in [-0.05, 0) is 47.8 Å². The van der Waals surface area contributed by atoms with Crippen LogP contribution in [0.15, 0.2) is 91.0 Å². The van der Waals surface area contributed by atoms with Crippen LogP contribution in [-0.4, -0.2) is 9.13 Å². The first kappa shape index (κ1) is 20.4. The van der Waals surface area contributed by atoms with Crippen molar-refractivity contribution in [3.05, 3.63) is 118 Å². The molecule has 4 rings (SSSR count). The first-order chi connectivity index (χ1) is 14.6. The van der Waals surface area contributed by atoms with Crippen molar-refractivity contribution in [2.45, 2.75) is 33.2 Å². The molecular formula is C27H28N2S. The molecule has 1 heterocycles. The fourth-order valence-corrected chi connectivity index (χ4v) is 4.38. The molecule has 0 aliphatic rings. The number of benzene rings is 3. The molecule has 3 aromatic carbocycles. The molecule has 4 aromatic rings. The number of hydrogen-bond donors (Lipinski definition) is 0. The molecule has 0 aliphatic carbocycles. The smallest absolute Gasteiger partial charge is 0.185 e. The third kappa shape index (κ3) is 4.47. The molecule has 0 radical (unpaired) electrons. The van der Waals surface area contributed by atoms with Gasteiger partial charge in [0.05, 0.1) is 6.54 Å². The zero-order chi connectivity index (χ0) is 20.9. The Bertz CT molecular complexity index is 1140. The summed E-state index contributed by atoms with van der Waals surface area (Å²) in [5, 5.41) is 0. The van der Waals surface area contributed by atoms with Gasteiger partial charge >= 0.3 is 0 Å². The van der Waals surface area contributed by atoms with E-state index in [0.717, 1.165) is 29.8 Å². The third-order valence-corrected chi connectivity index (χ3v) is 5.77. The van der Waals surface area contributed by atoms with Crippen LogP contribution in [0.4, 0.5) is 0 Å². The molecule has 0 amide bonds. The molecule has 0 spiro atoms. The average molecular weight is 413 g/mol. The van der Waals surface area contributed by atoms with E-state index in [1.54, 1.807) is 0 Å². The van der Waals surface area contributed by atoms with Crippen molar-refractivity contribution >= 4 is 12.2 Å². The Morgan fingerprint density at radius 3 is 1.80 bits per heavy atom. The molecular weight excluding hydrogens is 384 g/mol. The summed E-state index contributed by atoms with van der Waals surface area (Å²) >= 11 is 6.08. The molecule has 0 atom stereocenters. The fraction of sp³-hybridized carbons (Fsp3) is 0.222. The molecule has 30 heavy (non-hydrogen) atoms.